The molecule has 4 rings (SSSR count). The van der Waals surface area contributed by atoms with Crippen molar-refractivity contribution in [2.45, 2.75) is 70.5 Å². The van der Waals surface area contributed by atoms with Crippen molar-refractivity contribution in [1.82, 2.24) is 15.1 Å². The minimum Gasteiger partial charge on any atom is -0.461 e. The molecule has 176 valence electrons. The predicted molar refractivity (Wildman–Crippen MR) is 119 cm³/mol. The SMILES string of the molecule is CCOC(=O)c1cc2n(n1)C[C@](C)(C(=O)NC1CCCCCC1)N(c1ccc(F)cc1)C2=O. The molecule has 1 saturated carbocycles. The number of hydrogen-bond donors (Lipinski definition) is 1. The summed E-state index contributed by atoms with van der Waals surface area (Å²) in [6.07, 6.45) is 6.19. The molecule has 33 heavy (non-hydrogen) atoms. The second-order valence-corrected chi connectivity index (χ2v) is 8.85. The van der Waals surface area contributed by atoms with Crippen LogP contribution in [0.25, 0.3) is 0 Å². The van der Waals surface area contributed by atoms with Gasteiger partial charge < -0.3 is 10.1 Å². The van der Waals surface area contributed by atoms with Crippen LogP contribution >= 0.6 is 0 Å². The van der Waals surface area contributed by atoms with E-state index >= 15 is 0 Å². The van der Waals surface area contributed by atoms with Gasteiger partial charge in [0.25, 0.3) is 5.91 Å². The third-order valence-corrected chi connectivity index (χ3v) is 6.40. The summed E-state index contributed by atoms with van der Waals surface area (Å²) in [4.78, 5) is 40.8. The van der Waals surface area contributed by atoms with Gasteiger partial charge in [-0.2, -0.15) is 5.10 Å². The summed E-state index contributed by atoms with van der Waals surface area (Å²) in [5.74, 6) is -1.87. The van der Waals surface area contributed by atoms with E-state index in [-0.39, 0.29) is 36.5 Å². The lowest BCUT2D eigenvalue weighted by molar-refractivity contribution is -0.127. The van der Waals surface area contributed by atoms with Gasteiger partial charge in [-0.25, -0.2) is 9.18 Å². The maximum Gasteiger partial charge on any atom is 0.358 e. The number of amides is 2. The highest BCUT2D eigenvalue weighted by molar-refractivity contribution is 6.12. The molecule has 1 aliphatic carbocycles. The third-order valence-electron chi connectivity index (χ3n) is 6.40. The fraction of sp³-hybridized carbons (Fsp3) is 0.500. The molecule has 1 fully saturated rings. The standard InChI is InChI=1S/C24H29FN4O4/c1-3-33-22(31)19-14-20-21(30)29(18-12-10-16(25)11-13-18)24(2,15-28(20)27-19)23(32)26-17-8-6-4-5-7-9-17/h10-14,17H,3-9,15H2,1-2H3,(H,26,32)/t24-/m1/s1. The predicted octanol–water partition coefficient (Wildman–Crippen LogP) is 3.46. The molecule has 0 saturated heterocycles. The smallest absolute Gasteiger partial charge is 0.358 e. The van der Waals surface area contributed by atoms with Crippen molar-refractivity contribution >= 4 is 23.5 Å². The summed E-state index contributed by atoms with van der Waals surface area (Å²) < 4.78 is 20.0. The van der Waals surface area contributed by atoms with Crippen LogP contribution in [-0.4, -0.2) is 45.8 Å². The van der Waals surface area contributed by atoms with E-state index in [0.29, 0.717) is 5.69 Å². The number of hydrogen-bond acceptors (Lipinski definition) is 5. The Morgan fingerprint density at radius 1 is 1.18 bits per heavy atom. The Bertz CT molecular complexity index is 1040. The van der Waals surface area contributed by atoms with Gasteiger partial charge in [-0.1, -0.05) is 25.7 Å². The molecule has 2 aromatic rings. The number of esters is 1. The number of carbonyl (C=O) groups is 3. The number of ether oxygens (including phenoxy) is 1. The molecule has 1 aromatic carbocycles. The average molecular weight is 457 g/mol. The van der Waals surface area contributed by atoms with E-state index in [1.807, 2.05) is 0 Å². The number of carbonyl (C=O) groups excluding carboxylic acids is 3. The maximum absolute atomic E-state index is 13.6. The van der Waals surface area contributed by atoms with Crippen LogP contribution in [0.1, 0.15) is 73.3 Å². The van der Waals surface area contributed by atoms with E-state index in [1.165, 1.54) is 39.9 Å². The first-order valence-corrected chi connectivity index (χ1v) is 11.5. The van der Waals surface area contributed by atoms with Crippen LogP contribution in [0.5, 0.6) is 0 Å². The van der Waals surface area contributed by atoms with Gasteiger partial charge in [0, 0.05) is 17.8 Å². The van der Waals surface area contributed by atoms with E-state index in [2.05, 4.69) is 10.4 Å². The Balaban J connectivity index is 1.72. The largest absolute Gasteiger partial charge is 0.461 e. The molecule has 0 bridgehead atoms. The molecule has 9 heteroatoms. The molecule has 1 atom stereocenters. The number of benzene rings is 1. The van der Waals surface area contributed by atoms with Crippen LogP contribution in [0, 0.1) is 5.82 Å². The van der Waals surface area contributed by atoms with Gasteiger partial charge >= 0.3 is 5.97 Å². The number of rotatable bonds is 5. The third kappa shape index (κ3) is 4.49. The second-order valence-electron chi connectivity index (χ2n) is 8.85. The van der Waals surface area contributed by atoms with Crippen LogP contribution in [-0.2, 0) is 16.1 Å². The summed E-state index contributed by atoms with van der Waals surface area (Å²) in [6.45, 7) is 3.58. The summed E-state index contributed by atoms with van der Waals surface area (Å²) >= 11 is 0. The van der Waals surface area contributed by atoms with E-state index in [1.54, 1.807) is 13.8 Å². The molecular weight excluding hydrogens is 427 g/mol. The van der Waals surface area contributed by atoms with Gasteiger partial charge in [0.2, 0.25) is 5.91 Å². The highest BCUT2D eigenvalue weighted by Gasteiger charge is 2.49. The number of fused-ring (bicyclic) bond motifs is 1. The normalized spacial score (nSPS) is 21.3. The quantitative estimate of drug-likeness (QED) is 0.549. The van der Waals surface area contributed by atoms with Crippen molar-refractivity contribution in [3.05, 3.63) is 47.5 Å². The Morgan fingerprint density at radius 2 is 1.85 bits per heavy atom. The van der Waals surface area contributed by atoms with E-state index < -0.39 is 23.2 Å². The molecule has 0 radical (unpaired) electrons. The monoisotopic (exact) mass is 456 g/mol. The van der Waals surface area contributed by atoms with Gasteiger partial charge in [-0.3, -0.25) is 19.2 Å². The van der Waals surface area contributed by atoms with Crippen LogP contribution in [0.4, 0.5) is 10.1 Å². The number of nitrogens with zero attached hydrogens (tertiary/aromatic N) is 3. The minimum absolute atomic E-state index is 0.00711. The van der Waals surface area contributed by atoms with Crippen LogP contribution in [0.2, 0.25) is 0 Å². The topological polar surface area (TPSA) is 93.5 Å². The zero-order chi connectivity index (χ0) is 23.6. The van der Waals surface area contributed by atoms with Gasteiger partial charge in [0.1, 0.15) is 17.1 Å². The Hall–Kier alpha value is -3.23. The van der Waals surface area contributed by atoms with Crippen LogP contribution < -0.4 is 10.2 Å². The van der Waals surface area contributed by atoms with Gasteiger partial charge in [0.15, 0.2) is 5.69 Å². The Labute approximate surface area is 192 Å². The van der Waals surface area contributed by atoms with Crippen LogP contribution in [0.3, 0.4) is 0 Å². The van der Waals surface area contributed by atoms with E-state index in [4.69, 9.17) is 4.74 Å². The lowest BCUT2D eigenvalue weighted by atomic mass is 9.93. The summed E-state index contributed by atoms with van der Waals surface area (Å²) in [7, 11) is 0. The molecule has 2 heterocycles. The molecule has 2 aliphatic rings. The van der Waals surface area contributed by atoms with Gasteiger partial charge in [0.05, 0.1) is 13.2 Å². The number of halogens is 1. The zero-order valence-corrected chi connectivity index (χ0v) is 19.0. The van der Waals surface area contributed by atoms with E-state index in [9.17, 15) is 18.8 Å². The summed E-state index contributed by atoms with van der Waals surface area (Å²) in [6, 6.07) is 6.87. The van der Waals surface area contributed by atoms with Crippen molar-refractivity contribution in [1.29, 1.82) is 0 Å². The fourth-order valence-corrected chi connectivity index (χ4v) is 4.65. The first-order valence-electron chi connectivity index (χ1n) is 11.5. The van der Waals surface area contributed by atoms with Crippen molar-refractivity contribution in [3.8, 4) is 0 Å². The van der Waals surface area contributed by atoms with E-state index in [0.717, 1.165) is 38.5 Å². The highest BCUT2D eigenvalue weighted by atomic mass is 19.1. The first-order chi connectivity index (χ1) is 15.8. The molecule has 0 spiro atoms. The van der Waals surface area contributed by atoms with Crippen molar-refractivity contribution in [2.24, 2.45) is 0 Å². The van der Waals surface area contributed by atoms with Crippen molar-refractivity contribution < 1.29 is 23.5 Å². The number of nitrogens with one attached hydrogen (secondary N) is 1. The highest BCUT2D eigenvalue weighted by Crippen LogP contribution is 2.33. The Morgan fingerprint density at radius 3 is 2.48 bits per heavy atom. The lowest BCUT2D eigenvalue weighted by Crippen LogP contribution is -2.65. The van der Waals surface area contributed by atoms with Crippen molar-refractivity contribution in [2.75, 3.05) is 11.5 Å². The molecule has 2 amide bonds. The lowest BCUT2D eigenvalue weighted by Gasteiger charge is -2.43. The molecule has 1 N–H and O–H groups in total. The molecule has 0 unspecified atom stereocenters. The minimum atomic E-state index is -1.33. The molecule has 1 aliphatic heterocycles. The summed E-state index contributed by atoms with van der Waals surface area (Å²) in [5, 5.41) is 7.40. The summed E-state index contributed by atoms with van der Waals surface area (Å²) in [5.41, 5.74) is -0.758. The van der Waals surface area contributed by atoms with Gasteiger partial charge in [-0.05, 0) is 51.0 Å². The zero-order valence-electron chi connectivity index (χ0n) is 19.0. The van der Waals surface area contributed by atoms with Crippen LogP contribution in [0.15, 0.2) is 30.3 Å². The number of anilines is 1. The average Bonchev–Trinajstić information content (AvgIpc) is 3.04. The second kappa shape index (κ2) is 9.33. The Kier molecular flexibility index (Phi) is 6.49. The molecular formula is C24H29FN4O4. The van der Waals surface area contributed by atoms with Crippen molar-refractivity contribution in [3.63, 3.8) is 0 Å². The molecule has 8 nitrogen and oxygen atoms in total. The number of aromatic nitrogens is 2. The fourth-order valence-electron chi connectivity index (χ4n) is 4.65. The van der Waals surface area contributed by atoms with Gasteiger partial charge in [-0.15, -0.1) is 0 Å². The first kappa shape index (κ1) is 22.9. The molecule has 1 aromatic heterocycles. The maximum atomic E-state index is 13.6.